The molecule has 0 radical (unpaired) electrons. The van der Waals surface area contributed by atoms with Gasteiger partial charge in [-0.15, -0.1) is 12.4 Å². The normalized spacial score (nSPS) is 26.5. The molecule has 24 heavy (non-hydrogen) atoms. The van der Waals surface area contributed by atoms with Crippen molar-refractivity contribution in [2.24, 2.45) is 11.7 Å². The number of nitrogens with zero attached hydrogens (tertiary/aromatic N) is 1. The highest BCUT2D eigenvalue weighted by atomic mass is 35.5. The third-order valence-electron chi connectivity index (χ3n) is 5.58. The van der Waals surface area contributed by atoms with E-state index in [4.69, 9.17) is 10.5 Å². The first-order chi connectivity index (χ1) is 11.1. The van der Waals surface area contributed by atoms with E-state index in [1.165, 1.54) is 5.56 Å². The largest absolute Gasteiger partial charge is 0.381 e. The van der Waals surface area contributed by atoms with Gasteiger partial charge in [0.15, 0.2) is 0 Å². The molecule has 0 spiro atoms. The Morgan fingerprint density at radius 2 is 1.96 bits per heavy atom. The SMILES string of the molecule is CCC1CN(C(=O)C2(N)CCOCC2)CCC1c1ccccc1.Cl. The van der Waals surface area contributed by atoms with E-state index in [0.29, 0.717) is 37.9 Å². The number of benzene rings is 1. The molecule has 2 aliphatic heterocycles. The summed E-state index contributed by atoms with van der Waals surface area (Å²) in [6, 6.07) is 10.7. The van der Waals surface area contributed by atoms with Crippen molar-refractivity contribution in [3.05, 3.63) is 35.9 Å². The van der Waals surface area contributed by atoms with E-state index >= 15 is 0 Å². The molecule has 0 aliphatic carbocycles. The van der Waals surface area contributed by atoms with Crippen LogP contribution in [0.15, 0.2) is 30.3 Å². The van der Waals surface area contributed by atoms with Crippen LogP contribution < -0.4 is 5.73 Å². The minimum atomic E-state index is -0.712. The van der Waals surface area contributed by atoms with Gasteiger partial charge in [-0.1, -0.05) is 43.7 Å². The topological polar surface area (TPSA) is 55.6 Å². The van der Waals surface area contributed by atoms with Crippen LogP contribution in [0.4, 0.5) is 0 Å². The summed E-state index contributed by atoms with van der Waals surface area (Å²) in [4.78, 5) is 14.9. The zero-order chi connectivity index (χ0) is 16.3. The van der Waals surface area contributed by atoms with Crippen LogP contribution in [0.5, 0.6) is 0 Å². The van der Waals surface area contributed by atoms with Gasteiger partial charge in [-0.25, -0.2) is 0 Å². The number of nitrogens with two attached hydrogens (primary N) is 1. The zero-order valence-electron chi connectivity index (χ0n) is 14.4. The van der Waals surface area contributed by atoms with Crippen molar-refractivity contribution in [2.75, 3.05) is 26.3 Å². The van der Waals surface area contributed by atoms with E-state index in [9.17, 15) is 4.79 Å². The Bertz CT molecular complexity index is 531. The summed E-state index contributed by atoms with van der Waals surface area (Å²) in [5, 5.41) is 0. The van der Waals surface area contributed by atoms with Gasteiger partial charge in [0.05, 0.1) is 5.54 Å². The Labute approximate surface area is 151 Å². The number of carbonyl (C=O) groups excluding carboxylic acids is 1. The lowest BCUT2D eigenvalue weighted by Gasteiger charge is -2.43. The highest BCUT2D eigenvalue weighted by Gasteiger charge is 2.41. The Balaban J connectivity index is 0.00000208. The number of likely N-dealkylation sites (tertiary alicyclic amines) is 1. The van der Waals surface area contributed by atoms with Crippen LogP contribution in [0.2, 0.25) is 0 Å². The molecule has 1 aromatic rings. The molecule has 134 valence electrons. The number of carbonyl (C=O) groups is 1. The van der Waals surface area contributed by atoms with Gasteiger partial charge < -0.3 is 15.4 Å². The van der Waals surface area contributed by atoms with Crippen molar-refractivity contribution >= 4 is 18.3 Å². The van der Waals surface area contributed by atoms with E-state index < -0.39 is 5.54 Å². The monoisotopic (exact) mass is 352 g/mol. The first kappa shape index (κ1) is 19.2. The highest BCUT2D eigenvalue weighted by molar-refractivity contribution is 5.86. The molecule has 2 N–H and O–H groups in total. The zero-order valence-corrected chi connectivity index (χ0v) is 15.3. The van der Waals surface area contributed by atoms with E-state index in [-0.39, 0.29) is 18.3 Å². The first-order valence-corrected chi connectivity index (χ1v) is 8.85. The van der Waals surface area contributed by atoms with Crippen molar-refractivity contribution in [3.63, 3.8) is 0 Å². The highest BCUT2D eigenvalue weighted by Crippen LogP contribution is 2.36. The second-order valence-corrected chi connectivity index (χ2v) is 6.99. The van der Waals surface area contributed by atoms with Gasteiger partial charge in [0.2, 0.25) is 5.91 Å². The Morgan fingerprint density at radius 1 is 1.29 bits per heavy atom. The summed E-state index contributed by atoms with van der Waals surface area (Å²) in [5.41, 5.74) is 7.09. The molecule has 0 bridgehead atoms. The molecule has 0 saturated carbocycles. The molecule has 1 aromatic carbocycles. The fourth-order valence-electron chi connectivity index (χ4n) is 4.03. The molecule has 3 rings (SSSR count). The molecule has 5 heteroatoms. The van der Waals surface area contributed by atoms with Crippen molar-refractivity contribution in [3.8, 4) is 0 Å². The number of amides is 1. The maximum absolute atomic E-state index is 12.9. The fourth-order valence-corrected chi connectivity index (χ4v) is 4.03. The summed E-state index contributed by atoms with van der Waals surface area (Å²) in [7, 11) is 0. The molecule has 2 saturated heterocycles. The van der Waals surface area contributed by atoms with Gasteiger partial charge in [-0.3, -0.25) is 4.79 Å². The van der Waals surface area contributed by atoms with Crippen molar-refractivity contribution in [1.29, 1.82) is 0 Å². The quantitative estimate of drug-likeness (QED) is 0.909. The minimum Gasteiger partial charge on any atom is -0.381 e. The summed E-state index contributed by atoms with van der Waals surface area (Å²) < 4.78 is 5.37. The molecule has 1 amide bonds. The van der Waals surface area contributed by atoms with E-state index in [1.807, 2.05) is 4.90 Å². The van der Waals surface area contributed by atoms with Crippen LogP contribution in [0, 0.1) is 5.92 Å². The van der Waals surface area contributed by atoms with Gasteiger partial charge in [-0.05, 0) is 36.7 Å². The number of ether oxygens (including phenoxy) is 1. The minimum absolute atomic E-state index is 0. The summed E-state index contributed by atoms with van der Waals surface area (Å²) >= 11 is 0. The molecule has 2 unspecified atom stereocenters. The predicted octanol–water partition coefficient (Wildman–Crippen LogP) is 2.96. The van der Waals surface area contributed by atoms with E-state index in [0.717, 1.165) is 25.9 Å². The molecule has 2 heterocycles. The van der Waals surface area contributed by atoms with E-state index in [1.54, 1.807) is 0 Å². The molecule has 2 aliphatic rings. The smallest absolute Gasteiger partial charge is 0.242 e. The summed E-state index contributed by atoms with van der Waals surface area (Å²) in [6.45, 7) is 5.06. The van der Waals surface area contributed by atoms with Crippen LogP contribution in [0.25, 0.3) is 0 Å². The maximum atomic E-state index is 12.9. The van der Waals surface area contributed by atoms with E-state index in [2.05, 4.69) is 37.3 Å². The Kier molecular flexibility index (Phi) is 6.67. The first-order valence-electron chi connectivity index (χ1n) is 8.85. The lowest BCUT2D eigenvalue weighted by molar-refractivity contribution is -0.142. The van der Waals surface area contributed by atoms with Gasteiger partial charge >= 0.3 is 0 Å². The van der Waals surface area contributed by atoms with Crippen LogP contribution in [0.3, 0.4) is 0 Å². The van der Waals surface area contributed by atoms with Gasteiger partial charge in [0, 0.05) is 26.3 Å². The molecular weight excluding hydrogens is 324 g/mol. The third-order valence-corrected chi connectivity index (χ3v) is 5.58. The number of halogens is 1. The number of hydrogen-bond donors (Lipinski definition) is 1. The summed E-state index contributed by atoms with van der Waals surface area (Å²) in [6.07, 6.45) is 3.40. The summed E-state index contributed by atoms with van der Waals surface area (Å²) in [5.74, 6) is 1.19. The third kappa shape index (κ3) is 3.93. The maximum Gasteiger partial charge on any atom is 0.242 e. The van der Waals surface area contributed by atoms with Crippen LogP contribution >= 0.6 is 12.4 Å². The van der Waals surface area contributed by atoms with Crippen LogP contribution in [0.1, 0.15) is 44.1 Å². The number of piperidine rings is 1. The Hall–Kier alpha value is -1.10. The van der Waals surface area contributed by atoms with Crippen molar-refractivity contribution in [1.82, 2.24) is 4.90 Å². The molecular formula is C19H29ClN2O2. The molecule has 2 fully saturated rings. The van der Waals surface area contributed by atoms with Gasteiger partial charge in [0.1, 0.15) is 0 Å². The second-order valence-electron chi connectivity index (χ2n) is 6.99. The van der Waals surface area contributed by atoms with Crippen molar-refractivity contribution < 1.29 is 9.53 Å². The van der Waals surface area contributed by atoms with Gasteiger partial charge in [0.25, 0.3) is 0 Å². The Morgan fingerprint density at radius 3 is 2.58 bits per heavy atom. The lowest BCUT2D eigenvalue weighted by Crippen LogP contribution is -2.60. The second kappa shape index (κ2) is 8.32. The van der Waals surface area contributed by atoms with Crippen LogP contribution in [-0.2, 0) is 9.53 Å². The predicted molar refractivity (Wildman–Crippen MR) is 98.4 cm³/mol. The van der Waals surface area contributed by atoms with Crippen molar-refractivity contribution in [2.45, 2.75) is 44.1 Å². The fraction of sp³-hybridized carbons (Fsp3) is 0.632. The number of rotatable bonds is 3. The average molecular weight is 353 g/mol. The molecule has 4 nitrogen and oxygen atoms in total. The molecule has 2 atom stereocenters. The van der Waals surface area contributed by atoms with Crippen LogP contribution in [-0.4, -0.2) is 42.6 Å². The standard InChI is InChI=1S/C19H28N2O2.ClH/c1-2-15-14-21(18(22)19(20)9-12-23-13-10-19)11-8-17(15)16-6-4-3-5-7-16;/h3-7,15,17H,2,8-14,20H2,1H3;1H. The lowest BCUT2D eigenvalue weighted by atomic mass is 9.78. The number of hydrogen-bond acceptors (Lipinski definition) is 3. The molecule has 0 aromatic heterocycles. The average Bonchev–Trinajstić information content (AvgIpc) is 2.62. The van der Waals surface area contributed by atoms with Gasteiger partial charge in [-0.2, -0.15) is 0 Å².